The molecule has 0 radical (unpaired) electrons. The Morgan fingerprint density at radius 1 is 1.05 bits per heavy atom. The van der Waals surface area contributed by atoms with Crippen molar-refractivity contribution in [3.05, 3.63) is 60.2 Å². The van der Waals surface area contributed by atoms with Crippen LogP contribution in [0.1, 0.15) is 24.3 Å². The maximum atomic E-state index is 10.9. The standard InChI is InChI=1S/C17H18N2O3/c18-17(20)19(21)14-10-13(11-14)12-6-8-16(9-7-12)22-15-4-2-1-3-5-15/h1-9,13-14,21H,10-11H2,(H2,18,20)/t13-,14-. The number of nitrogens with zero attached hydrogens (tertiary/aromatic N) is 1. The molecule has 1 aliphatic carbocycles. The van der Waals surface area contributed by atoms with E-state index in [9.17, 15) is 10.0 Å². The molecule has 0 unspecified atom stereocenters. The second kappa shape index (κ2) is 6.07. The van der Waals surface area contributed by atoms with Crippen LogP contribution in [-0.4, -0.2) is 22.3 Å². The first-order valence-corrected chi connectivity index (χ1v) is 7.24. The van der Waals surface area contributed by atoms with Crippen LogP contribution in [0.2, 0.25) is 0 Å². The molecule has 2 amide bonds. The van der Waals surface area contributed by atoms with Gasteiger partial charge >= 0.3 is 6.03 Å². The predicted molar refractivity (Wildman–Crippen MR) is 81.9 cm³/mol. The van der Waals surface area contributed by atoms with Crippen molar-refractivity contribution in [1.29, 1.82) is 0 Å². The van der Waals surface area contributed by atoms with Crippen LogP contribution in [0.25, 0.3) is 0 Å². The van der Waals surface area contributed by atoms with Gasteiger partial charge in [-0.05, 0) is 48.6 Å². The SMILES string of the molecule is NC(=O)N(O)[C@H]1C[C@H](c2ccc(Oc3ccccc3)cc2)C1. The van der Waals surface area contributed by atoms with E-state index < -0.39 is 6.03 Å². The molecule has 0 saturated heterocycles. The first-order chi connectivity index (χ1) is 10.6. The molecule has 5 nitrogen and oxygen atoms in total. The third kappa shape index (κ3) is 3.04. The quantitative estimate of drug-likeness (QED) is 0.670. The highest BCUT2D eigenvalue weighted by Gasteiger charge is 2.35. The highest BCUT2D eigenvalue weighted by atomic mass is 16.5. The Kier molecular flexibility index (Phi) is 3.98. The molecule has 0 aromatic heterocycles. The van der Waals surface area contributed by atoms with Crippen molar-refractivity contribution in [3.63, 3.8) is 0 Å². The van der Waals surface area contributed by atoms with E-state index in [-0.39, 0.29) is 6.04 Å². The predicted octanol–water partition coefficient (Wildman–Crippen LogP) is 3.49. The summed E-state index contributed by atoms with van der Waals surface area (Å²) in [7, 11) is 0. The Morgan fingerprint density at radius 2 is 1.64 bits per heavy atom. The Bertz CT molecular complexity index is 637. The Morgan fingerprint density at radius 3 is 2.23 bits per heavy atom. The number of rotatable bonds is 4. The molecule has 22 heavy (non-hydrogen) atoms. The molecule has 0 atom stereocenters. The van der Waals surface area contributed by atoms with Gasteiger partial charge in [0.2, 0.25) is 0 Å². The zero-order chi connectivity index (χ0) is 15.5. The zero-order valence-corrected chi connectivity index (χ0v) is 12.1. The van der Waals surface area contributed by atoms with Crippen LogP contribution >= 0.6 is 0 Å². The lowest BCUT2D eigenvalue weighted by Gasteiger charge is -2.39. The van der Waals surface area contributed by atoms with Crippen molar-refractivity contribution in [1.82, 2.24) is 5.06 Å². The number of hydrogen-bond acceptors (Lipinski definition) is 3. The van der Waals surface area contributed by atoms with Gasteiger partial charge in [-0.1, -0.05) is 30.3 Å². The van der Waals surface area contributed by atoms with Gasteiger partial charge in [0, 0.05) is 0 Å². The first kappa shape index (κ1) is 14.4. The van der Waals surface area contributed by atoms with Gasteiger partial charge in [-0.25, -0.2) is 9.86 Å². The topological polar surface area (TPSA) is 75.8 Å². The monoisotopic (exact) mass is 298 g/mol. The maximum absolute atomic E-state index is 10.9. The van der Waals surface area contributed by atoms with Crippen LogP contribution in [0.3, 0.4) is 0 Å². The fourth-order valence-electron chi connectivity index (χ4n) is 2.67. The third-order valence-corrected chi connectivity index (χ3v) is 4.02. The van der Waals surface area contributed by atoms with Crippen molar-refractivity contribution < 1.29 is 14.7 Å². The lowest BCUT2D eigenvalue weighted by atomic mass is 9.76. The van der Waals surface area contributed by atoms with Crippen LogP contribution in [0.4, 0.5) is 4.79 Å². The number of urea groups is 1. The van der Waals surface area contributed by atoms with E-state index in [1.165, 1.54) is 5.56 Å². The first-order valence-electron chi connectivity index (χ1n) is 7.24. The fraction of sp³-hybridized carbons (Fsp3) is 0.235. The molecule has 0 aliphatic heterocycles. The minimum Gasteiger partial charge on any atom is -0.457 e. The number of ether oxygens (including phenoxy) is 1. The number of carbonyl (C=O) groups excluding carboxylic acids is 1. The van der Waals surface area contributed by atoms with Crippen LogP contribution in [0.5, 0.6) is 11.5 Å². The number of amides is 2. The number of hydrogen-bond donors (Lipinski definition) is 2. The molecule has 5 heteroatoms. The lowest BCUT2D eigenvalue weighted by molar-refractivity contribution is -0.102. The van der Waals surface area contributed by atoms with Crippen molar-refractivity contribution in [2.75, 3.05) is 0 Å². The molecule has 0 heterocycles. The smallest absolute Gasteiger partial charge is 0.338 e. The van der Waals surface area contributed by atoms with Gasteiger partial charge in [-0.3, -0.25) is 5.21 Å². The molecule has 2 aromatic carbocycles. The molecule has 1 aliphatic rings. The molecule has 0 bridgehead atoms. The minimum atomic E-state index is -0.796. The third-order valence-electron chi connectivity index (χ3n) is 4.02. The summed E-state index contributed by atoms with van der Waals surface area (Å²) >= 11 is 0. The van der Waals surface area contributed by atoms with Crippen LogP contribution in [0, 0.1) is 0 Å². The lowest BCUT2D eigenvalue weighted by Crippen LogP contribution is -2.47. The van der Waals surface area contributed by atoms with E-state index in [1.807, 2.05) is 54.6 Å². The number of hydroxylamine groups is 2. The summed E-state index contributed by atoms with van der Waals surface area (Å²) in [4.78, 5) is 10.9. The Labute approximate surface area is 128 Å². The number of nitrogens with two attached hydrogens (primary N) is 1. The second-order valence-corrected chi connectivity index (χ2v) is 5.49. The summed E-state index contributed by atoms with van der Waals surface area (Å²) in [5.41, 5.74) is 6.22. The largest absolute Gasteiger partial charge is 0.457 e. The average Bonchev–Trinajstić information content (AvgIpc) is 2.48. The normalized spacial score (nSPS) is 20.0. The van der Waals surface area contributed by atoms with Gasteiger partial charge in [0.15, 0.2) is 0 Å². The summed E-state index contributed by atoms with van der Waals surface area (Å²) in [6.07, 6.45) is 1.44. The summed E-state index contributed by atoms with van der Waals surface area (Å²) in [5.74, 6) is 1.92. The molecular formula is C17H18N2O3. The van der Waals surface area contributed by atoms with E-state index in [0.29, 0.717) is 11.0 Å². The van der Waals surface area contributed by atoms with E-state index in [1.54, 1.807) is 0 Å². The molecule has 2 aromatic rings. The number of para-hydroxylation sites is 1. The molecule has 0 spiro atoms. The van der Waals surface area contributed by atoms with Gasteiger partial charge < -0.3 is 10.5 Å². The second-order valence-electron chi connectivity index (χ2n) is 5.49. The number of carbonyl (C=O) groups is 1. The van der Waals surface area contributed by atoms with Crippen molar-refractivity contribution in [2.24, 2.45) is 5.73 Å². The fourth-order valence-corrected chi connectivity index (χ4v) is 2.67. The van der Waals surface area contributed by atoms with Crippen molar-refractivity contribution in [2.45, 2.75) is 24.8 Å². The van der Waals surface area contributed by atoms with Gasteiger partial charge in [-0.2, -0.15) is 0 Å². The van der Waals surface area contributed by atoms with Crippen LogP contribution < -0.4 is 10.5 Å². The van der Waals surface area contributed by atoms with Crippen molar-refractivity contribution >= 4 is 6.03 Å². The maximum Gasteiger partial charge on any atom is 0.338 e. The molecule has 1 saturated carbocycles. The summed E-state index contributed by atoms with van der Waals surface area (Å²) in [6, 6.07) is 16.5. The number of benzene rings is 2. The van der Waals surface area contributed by atoms with Gasteiger partial charge in [0.05, 0.1) is 6.04 Å². The Hall–Kier alpha value is -2.53. The Balaban J connectivity index is 1.58. The van der Waals surface area contributed by atoms with Crippen LogP contribution in [0.15, 0.2) is 54.6 Å². The van der Waals surface area contributed by atoms with Gasteiger partial charge in [0.25, 0.3) is 0 Å². The van der Waals surface area contributed by atoms with E-state index >= 15 is 0 Å². The highest BCUT2D eigenvalue weighted by Crippen LogP contribution is 2.39. The highest BCUT2D eigenvalue weighted by molar-refractivity contribution is 5.71. The average molecular weight is 298 g/mol. The molecule has 114 valence electrons. The van der Waals surface area contributed by atoms with E-state index in [4.69, 9.17) is 10.5 Å². The minimum absolute atomic E-state index is 0.178. The van der Waals surface area contributed by atoms with Crippen LogP contribution in [-0.2, 0) is 0 Å². The summed E-state index contributed by atoms with van der Waals surface area (Å²) in [5, 5.41) is 10.1. The summed E-state index contributed by atoms with van der Waals surface area (Å²) < 4.78 is 5.75. The molecule has 1 fully saturated rings. The molecular weight excluding hydrogens is 280 g/mol. The van der Waals surface area contributed by atoms with Crippen molar-refractivity contribution in [3.8, 4) is 11.5 Å². The van der Waals surface area contributed by atoms with E-state index in [0.717, 1.165) is 24.3 Å². The van der Waals surface area contributed by atoms with Gasteiger partial charge in [-0.15, -0.1) is 0 Å². The number of primary amides is 1. The molecule has 3 rings (SSSR count). The van der Waals surface area contributed by atoms with E-state index in [2.05, 4.69) is 0 Å². The molecule has 3 N–H and O–H groups in total. The summed E-state index contributed by atoms with van der Waals surface area (Å²) in [6.45, 7) is 0. The zero-order valence-electron chi connectivity index (χ0n) is 12.1. The van der Waals surface area contributed by atoms with Gasteiger partial charge in [0.1, 0.15) is 11.5 Å².